The molecule has 8 nitrogen and oxygen atoms in total. The van der Waals surface area contributed by atoms with Crippen LogP contribution in [0.1, 0.15) is 49.8 Å². The van der Waals surface area contributed by atoms with E-state index in [1.54, 1.807) is 4.90 Å². The lowest BCUT2D eigenvalue weighted by Crippen LogP contribution is -2.69. The lowest BCUT2D eigenvalue weighted by atomic mass is 9.80. The van der Waals surface area contributed by atoms with Gasteiger partial charge in [-0.2, -0.15) is 0 Å². The minimum absolute atomic E-state index is 0.0106. The average molecular weight is 532 g/mol. The molecule has 3 N–H and O–H groups in total. The first-order chi connectivity index (χ1) is 17.9. The van der Waals surface area contributed by atoms with Crippen LogP contribution in [0.25, 0.3) is 0 Å². The Balaban J connectivity index is 1.80. The second kappa shape index (κ2) is 12.4. The van der Waals surface area contributed by atoms with Crippen molar-refractivity contribution in [1.82, 2.24) is 15.5 Å². The van der Waals surface area contributed by atoms with Crippen molar-refractivity contribution in [2.24, 2.45) is 0 Å². The van der Waals surface area contributed by atoms with E-state index in [0.29, 0.717) is 5.56 Å². The number of carbonyl (C=O) groups is 3. The van der Waals surface area contributed by atoms with Gasteiger partial charge in [0.05, 0.1) is 24.8 Å². The van der Waals surface area contributed by atoms with Crippen LogP contribution in [-0.2, 0) is 31.1 Å². The molecule has 0 saturated carbocycles. The normalized spacial score (nSPS) is 15.9. The fourth-order valence-corrected chi connectivity index (χ4v) is 4.65. The number of hydrogen-bond donors (Lipinski definition) is 3. The SMILES string of the molecule is COC(=O)CC(=O)N1CC(NC[C@H](O)[C@@H](Cc2cc(F)cc(F)c2)NC(C)=O)(c2cccc(C(C)C)c2)C1. The summed E-state index contributed by atoms with van der Waals surface area (Å²) in [5.74, 6) is -2.60. The number of rotatable bonds is 11. The van der Waals surface area contributed by atoms with E-state index in [9.17, 15) is 28.3 Å². The quantitative estimate of drug-likeness (QED) is 0.304. The van der Waals surface area contributed by atoms with Crippen LogP contribution in [0.2, 0.25) is 0 Å². The smallest absolute Gasteiger partial charge is 0.315 e. The Morgan fingerprint density at radius 1 is 1.11 bits per heavy atom. The third-order valence-electron chi connectivity index (χ3n) is 6.78. The molecule has 2 aromatic carbocycles. The Kier molecular flexibility index (Phi) is 9.56. The maximum atomic E-state index is 13.7. The summed E-state index contributed by atoms with van der Waals surface area (Å²) in [4.78, 5) is 37.5. The molecule has 0 bridgehead atoms. The van der Waals surface area contributed by atoms with Crippen LogP contribution in [-0.4, -0.2) is 66.7 Å². The highest BCUT2D eigenvalue weighted by molar-refractivity contribution is 5.94. The molecular formula is C28H35F2N3O5. The van der Waals surface area contributed by atoms with Crippen molar-refractivity contribution in [3.63, 3.8) is 0 Å². The number of carbonyl (C=O) groups excluding carboxylic acids is 3. The van der Waals surface area contributed by atoms with Gasteiger partial charge in [-0.05, 0) is 41.2 Å². The summed E-state index contributed by atoms with van der Waals surface area (Å²) in [5.41, 5.74) is 1.61. The molecule has 2 atom stereocenters. The van der Waals surface area contributed by atoms with Crippen LogP contribution < -0.4 is 10.6 Å². The molecule has 1 saturated heterocycles. The standard InChI is InChI=1S/C28H35F2N3O5/c1-17(2)20-6-5-7-21(11-20)28(15-33(16-28)26(36)13-27(37)38-4)31-14-25(35)24(32-18(3)34)10-19-8-22(29)12-23(30)9-19/h5-9,11-12,17,24-25,31,35H,10,13-16H2,1-4H3,(H,32,34)/t24-,25+/m1/s1. The molecule has 3 rings (SSSR count). The Labute approximate surface area is 221 Å². The largest absolute Gasteiger partial charge is 0.469 e. The summed E-state index contributed by atoms with van der Waals surface area (Å²) in [5, 5.41) is 17.1. The van der Waals surface area contributed by atoms with Gasteiger partial charge >= 0.3 is 5.97 Å². The number of methoxy groups -OCH3 is 1. The molecule has 1 fully saturated rings. The van der Waals surface area contributed by atoms with Crippen LogP contribution in [0.15, 0.2) is 42.5 Å². The van der Waals surface area contributed by atoms with Gasteiger partial charge < -0.3 is 25.4 Å². The van der Waals surface area contributed by atoms with Crippen molar-refractivity contribution >= 4 is 17.8 Å². The predicted octanol–water partition coefficient (Wildman–Crippen LogP) is 2.39. The summed E-state index contributed by atoms with van der Waals surface area (Å²) >= 11 is 0. The topological polar surface area (TPSA) is 108 Å². The summed E-state index contributed by atoms with van der Waals surface area (Å²) in [7, 11) is 1.22. The number of aliphatic hydroxyl groups excluding tert-OH is 1. The number of nitrogens with one attached hydrogen (secondary N) is 2. The van der Waals surface area contributed by atoms with Crippen molar-refractivity contribution in [3.8, 4) is 0 Å². The lowest BCUT2D eigenvalue weighted by molar-refractivity contribution is -0.151. The zero-order valence-corrected chi connectivity index (χ0v) is 22.1. The van der Waals surface area contributed by atoms with Crippen LogP contribution in [0.4, 0.5) is 8.78 Å². The van der Waals surface area contributed by atoms with Gasteiger partial charge in [0.15, 0.2) is 0 Å². The average Bonchev–Trinajstić information content (AvgIpc) is 2.81. The van der Waals surface area contributed by atoms with Crippen molar-refractivity contribution < 1.29 is 33.0 Å². The third kappa shape index (κ3) is 7.35. The van der Waals surface area contributed by atoms with E-state index in [-0.39, 0.29) is 44.3 Å². The molecule has 0 aliphatic carbocycles. The van der Waals surface area contributed by atoms with Gasteiger partial charge in [-0.1, -0.05) is 38.1 Å². The number of ether oxygens (including phenoxy) is 1. The van der Waals surface area contributed by atoms with Crippen molar-refractivity contribution in [1.29, 1.82) is 0 Å². The molecule has 0 radical (unpaired) electrons. The van der Waals surface area contributed by atoms with Gasteiger partial charge in [0.25, 0.3) is 0 Å². The monoisotopic (exact) mass is 531 g/mol. The number of likely N-dealkylation sites (tertiary alicyclic amines) is 1. The van der Waals surface area contributed by atoms with E-state index in [1.165, 1.54) is 14.0 Å². The van der Waals surface area contributed by atoms with Crippen LogP contribution in [0, 0.1) is 11.6 Å². The van der Waals surface area contributed by atoms with Gasteiger partial charge in [-0.15, -0.1) is 0 Å². The molecule has 0 spiro atoms. The Morgan fingerprint density at radius 2 is 1.76 bits per heavy atom. The van der Waals surface area contributed by atoms with Crippen molar-refractivity contribution in [2.45, 2.75) is 57.2 Å². The molecule has 1 aliphatic heterocycles. The Morgan fingerprint density at radius 3 is 2.34 bits per heavy atom. The van der Waals surface area contributed by atoms with Crippen LogP contribution >= 0.6 is 0 Å². The number of halogens is 2. The van der Waals surface area contributed by atoms with Gasteiger partial charge in [0.1, 0.15) is 18.1 Å². The van der Waals surface area contributed by atoms with E-state index in [4.69, 9.17) is 0 Å². The Bertz CT molecular complexity index is 1150. The molecule has 1 heterocycles. The first-order valence-electron chi connectivity index (χ1n) is 12.5. The summed E-state index contributed by atoms with van der Waals surface area (Å²) < 4.78 is 32.0. The number of aliphatic hydroxyl groups is 1. The van der Waals surface area contributed by atoms with Crippen LogP contribution in [0.3, 0.4) is 0 Å². The molecule has 206 valence electrons. The molecule has 10 heteroatoms. The predicted molar refractivity (Wildman–Crippen MR) is 137 cm³/mol. The van der Waals surface area contributed by atoms with E-state index in [1.807, 2.05) is 24.3 Å². The van der Waals surface area contributed by atoms with Gasteiger partial charge in [-0.25, -0.2) is 8.78 Å². The van der Waals surface area contributed by atoms with Crippen molar-refractivity contribution in [3.05, 3.63) is 70.8 Å². The first kappa shape index (κ1) is 29.2. The van der Waals surface area contributed by atoms with E-state index < -0.39 is 41.2 Å². The van der Waals surface area contributed by atoms with E-state index in [0.717, 1.165) is 29.3 Å². The number of hydrogen-bond acceptors (Lipinski definition) is 6. The molecule has 0 aromatic heterocycles. The highest BCUT2D eigenvalue weighted by Crippen LogP contribution is 2.34. The molecule has 2 aromatic rings. The molecule has 2 amide bonds. The molecule has 1 aliphatic rings. The number of amides is 2. The fourth-order valence-electron chi connectivity index (χ4n) is 4.65. The van der Waals surface area contributed by atoms with E-state index >= 15 is 0 Å². The maximum Gasteiger partial charge on any atom is 0.315 e. The highest BCUT2D eigenvalue weighted by atomic mass is 19.1. The maximum absolute atomic E-state index is 13.7. The fraction of sp³-hybridized carbons (Fsp3) is 0.464. The van der Waals surface area contributed by atoms with Gasteiger partial charge in [0.2, 0.25) is 11.8 Å². The summed E-state index contributed by atoms with van der Waals surface area (Å²) in [6.07, 6.45) is -1.47. The number of benzene rings is 2. The molecule has 0 unspecified atom stereocenters. The zero-order valence-electron chi connectivity index (χ0n) is 22.1. The third-order valence-corrected chi connectivity index (χ3v) is 6.78. The molecular weight excluding hydrogens is 496 g/mol. The second-order valence-electron chi connectivity index (χ2n) is 10.1. The second-order valence-corrected chi connectivity index (χ2v) is 10.1. The minimum Gasteiger partial charge on any atom is -0.469 e. The summed E-state index contributed by atoms with van der Waals surface area (Å²) in [6, 6.07) is 10.2. The van der Waals surface area contributed by atoms with Gasteiger partial charge in [0, 0.05) is 32.6 Å². The van der Waals surface area contributed by atoms with Gasteiger partial charge in [-0.3, -0.25) is 14.4 Å². The zero-order chi connectivity index (χ0) is 28.0. The lowest BCUT2D eigenvalue weighted by Gasteiger charge is -2.51. The molecule has 38 heavy (non-hydrogen) atoms. The number of nitrogens with zero attached hydrogens (tertiary/aromatic N) is 1. The number of esters is 1. The van der Waals surface area contributed by atoms with E-state index in [2.05, 4.69) is 29.2 Å². The highest BCUT2D eigenvalue weighted by Gasteiger charge is 2.47. The van der Waals surface area contributed by atoms with Crippen LogP contribution in [0.5, 0.6) is 0 Å². The summed E-state index contributed by atoms with van der Waals surface area (Å²) in [6.45, 7) is 5.99. The Hall–Kier alpha value is -3.37. The van der Waals surface area contributed by atoms with Crippen molar-refractivity contribution in [2.75, 3.05) is 26.7 Å². The minimum atomic E-state index is -1.12. The first-order valence-corrected chi connectivity index (χ1v) is 12.5.